The summed E-state index contributed by atoms with van der Waals surface area (Å²) in [7, 11) is -0.757. The van der Waals surface area contributed by atoms with Crippen LogP contribution in [0.15, 0.2) is 24.3 Å². The van der Waals surface area contributed by atoms with Gasteiger partial charge in [0.1, 0.15) is 0 Å². The monoisotopic (exact) mass is 243 g/mol. The highest BCUT2D eigenvalue weighted by molar-refractivity contribution is 7.84. The molecule has 82 valence electrons. The first-order valence-electron chi connectivity index (χ1n) is 5.04. The van der Waals surface area contributed by atoms with Crippen LogP contribution in [0.4, 0.5) is 0 Å². The number of benzene rings is 1. The van der Waals surface area contributed by atoms with Gasteiger partial charge in [-0.3, -0.25) is 4.21 Å². The van der Waals surface area contributed by atoms with Crippen LogP contribution in [0.25, 0.3) is 0 Å². The average molecular weight is 244 g/mol. The number of hydrogen-bond acceptors (Lipinski definition) is 2. The van der Waals surface area contributed by atoms with Crippen molar-refractivity contribution in [3.05, 3.63) is 34.9 Å². The van der Waals surface area contributed by atoms with E-state index in [-0.39, 0.29) is 0 Å². The first-order valence-corrected chi connectivity index (χ1v) is 6.91. The van der Waals surface area contributed by atoms with Gasteiger partial charge in [0.25, 0.3) is 0 Å². The van der Waals surface area contributed by atoms with Crippen molar-refractivity contribution in [3.8, 4) is 0 Å². The zero-order valence-corrected chi connectivity index (χ0v) is 9.98. The Balaban J connectivity index is 1.87. The van der Waals surface area contributed by atoms with Crippen LogP contribution in [0.5, 0.6) is 0 Å². The summed E-state index contributed by atoms with van der Waals surface area (Å²) in [5.41, 5.74) is 1.06. The van der Waals surface area contributed by atoms with Crippen LogP contribution in [0.2, 0.25) is 5.02 Å². The third-order valence-corrected chi connectivity index (χ3v) is 4.24. The second-order valence-corrected chi connectivity index (χ2v) is 5.84. The fourth-order valence-corrected chi connectivity index (χ4v) is 3.24. The Morgan fingerprint density at radius 1 is 1.47 bits per heavy atom. The molecule has 1 aromatic rings. The highest BCUT2D eigenvalue weighted by Crippen LogP contribution is 2.14. The average Bonchev–Trinajstić information content (AvgIpc) is 2.11. The Bertz CT molecular complexity index is 365. The molecule has 15 heavy (non-hydrogen) atoms. The third kappa shape index (κ3) is 3.30. The lowest BCUT2D eigenvalue weighted by Gasteiger charge is -2.26. The van der Waals surface area contributed by atoms with Crippen molar-refractivity contribution in [2.75, 3.05) is 18.8 Å². The van der Waals surface area contributed by atoms with Gasteiger partial charge in [0.15, 0.2) is 0 Å². The molecule has 1 aliphatic heterocycles. The molecule has 0 radical (unpaired) electrons. The van der Waals surface area contributed by atoms with Crippen LogP contribution in [0.3, 0.4) is 0 Å². The summed E-state index contributed by atoms with van der Waals surface area (Å²) in [6.07, 6.45) is 0. The van der Waals surface area contributed by atoms with Crippen molar-refractivity contribution >= 4 is 22.4 Å². The Morgan fingerprint density at radius 3 is 2.87 bits per heavy atom. The van der Waals surface area contributed by atoms with Crippen LogP contribution >= 0.6 is 11.6 Å². The van der Waals surface area contributed by atoms with Crippen molar-refractivity contribution in [3.63, 3.8) is 0 Å². The second-order valence-electron chi connectivity index (χ2n) is 3.91. The van der Waals surface area contributed by atoms with Crippen molar-refractivity contribution in [1.29, 1.82) is 0 Å². The van der Waals surface area contributed by atoms with Gasteiger partial charge in [0.2, 0.25) is 0 Å². The fourth-order valence-electron chi connectivity index (χ4n) is 1.60. The molecule has 1 atom stereocenters. The third-order valence-electron chi connectivity index (χ3n) is 2.50. The molecular weight excluding hydrogens is 230 g/mol. The molecule has 0 bridgehead atoms. The van der Waals surface area contributed by atoms with Gasteiger partial charge in [-0.05, 0) is 23.6 Å². The molecule has 1 aromatic carbocycles. The number of rotatable bonds is 4. The Kier molecular flexibility index (Phi) is 3.78. The molecule has 1 aliphatic rings. The summed E-state index contributed by atoms with van der Waals surface area (Å²) in [5, 5.41) is 3.90. The van der Waals surface area contributed by atoms with Crippen molar-refractivity contribution in [1.82, 2.24) is 5.32 Å². The van der Waals surface area contributed by atoms with E-state index in [9.17, 15) is 4.21 Å². The van der Waals surface area contributed by atoms with Crippen LogP contribution in [-0.2, 0) is 16.6 Å². The molecule has 2 nitrogen and oxygen atoms in total. The van der Waals surface area contributed by atoms with E-state index in [1.165, 1.54) is 0 Å². The maximum absolute atomic E-state index is 11.8. The lowest BCUT2D eigenvalue weighted by Crippen LogP contribution is -2.44. The maximum Gasteiger partial charge on any atom is 0.0486 e. The largest absolute Gasteiger partial charge is 0.316 e. The van der Waals surface area contributed by atoms with E-state index in [0.29, 0.717) is 11.7 Å². The molecular formula is C11H14ClNOS. The first-order chi connectivity index (χ1) is 7.24. The van der Waals surface area contributed by atoms with E-state index in [1.54, 1.807) is 0 Å². The van der Waals surface area contributed by atoms with Gasteiger partial charge in [-0.15, -0.1) is 0 Å². The van der Waals surface area contributed by atoms with E-state index < -0.39 is 10.8 Å². The molecule has 2 rings (SSSR count). The van der Waals surface area contributed by atoms with Gasteiger partial charge < -0.3 is 5.32 Å². The predicted octanol–water partition coefficient (Wildman–Crippen LogP) is 1.81. The zero-order chi connectivity index (χ0) is 10.7. The SMILES string of the molecule is O=S(Cc1cccc(Cl)c1)CC1CNC1. The van der Waals surface area contributed by atoms with E-state index >= 15 is 0 Å². The molecule has 0 spiro atoms. The Morgan fingerprint density at radius 2 is 2.27 bits per heavy atom. The molecule has 0 aromatic heterocycles. The predicted molar refractivity (Wildman–Crippen MR) is 64.5 cm³/mol. The molecule has 1 unspecified atom stereocenters. The number of nitrogens with one attached hydrogen (secondary N) is 1. The number of halogens is 1. The summed E-state index contributed by atoms with van der Waals surface area (Å²) in [6, 6.07) is 7.60. The Labute approximate surface area is 97.5 Å². The summed E-state index contributed by atoms with van der Waals surface area (Å²) >= 11 is 5.86. The van der Waals surface area contributed by atoms with Gasteiger partial charge in [0.05, 0.1) is 0 Å². The second kappa shape index (κ2) is 5.10. The van der Waals surface area contributed by atoms with Gasteiger partial charge >= 0.3 is 0 Å². The van der Waals surface area contributed by atoms with Gasteiger partial charge in [-0.2, -0.15) is 0 Å². The summed E-state index contributed by atoms with van der Waals surface area (Å²) in [5.74, 6) is 2.03. The lowest BCUT2D eigenvalue weighted by atomic mass is 10.1. The standard InChI is InChI=1S/C11H14ClNOS/c12-11-3-1-2-9(4-11)7-15(14)8-10-5-13-6-10/h1-4,10,13H,5-8H2. The zero-order valence-electron chi connectivity index (χ0n) is 8.41. The van der Waals surface area contributed by atoms with E-state index in [0.717, 1.165) is 29.4 Å². The topological polar surface area (TPSA) is 29.1 Å². The molecule has 0 amide bonds. The van der Waals surface area contributed by atoms with Crippen molar-refractivity contribution < 1.29 is 4.21 Å². The van der Waals surface area contributed by atoms with Crippen LogP contribution < -0.4 is 5.32 Å². The van der Waals surface area contributed by atoms with Crippen LogP contribution in [-0.4, -0.2) is 23.1 Å². The van der Waals surface area contributed by atoms with Gasteiger partial charge in [0, 0.05) is 40.4 Å². The minimum absolute atomic E-state index is 0.602. The van der Waals surface area contributed by atoms with E-state index in [1.807, 2.05) is 24.3 Å². The molecule has 1 fully saturated rings. The van der Waals surface area contributed by atoms with Gasteiger partial charge in [-0.25, -0.2) is 0 Å². The molecule has 1 heterocycles. The minimum atomic E-state index is -0.757. The van der Waals surface area contributed by atoms with Crippen molar-refractivity contribution in [2.24, 2.45) is 5.92 Å². The smallest absolute Gasteiger partial charge is 0.0486 e. The van der Waals surface area contributed by atoms with E-state index in [2.05, 4.69) is 5.32 Å². The summed E-state index contributed by atoms with van der Waals surface area (Å²) in [6.45, 7) is 2.03. The Hall–Kier alpha value is -0.380. The lowest BCUT2D eigenvalue weighted by molar-refractivity contribution is 0.382. The minimum Gasteiger partial charge on any atom is -0.316 e. The molecule has 1 N–H and O–H groups in total. The highest BCUT2D eigenvalue weighted by atomic mass is 35.5. The highest BCUT2D eigenvalue weighted by Gasteiger charge is 2.19. The van der Waals surface area contributed by atoms with Gasteiger partial charge in [-0.1, -0.05) is 23.7 Å². The first kappa shape index (κ1) is 11.1. The molecule has 0 saturated carbocycles. The maximum atomic E-state index is 11.8. The normalized spacial score (nSPS) is 18.5. The fraction of sp³-hybridized carbons (Fsp3) is 0.455. The van der Waals surface area contributed by atoms with Crippen LogP contribution in [0.1, 0.15) is 5.56 Å². The summed E-state index contributed by atoms with van der Waals surface area (Å²) < 4.78 is 11.8. The quantitative estimate of drug-likeness (QED) is 0.874. The summed E-state index contributed by atoms with van der Waals surface area (Å²) in [4.78, 5) is 0. The molecule has 1 saturated heterocycles. The molecule has 0 aliphatic carbocycles. The number of hydrogen-bond donors (Lipinski definition) is 1. The molecule has 4 heteroatoms. The van der Waals surface area contributed by atoms with E-state index in [4.69, 9.17) is 11.6 Å². The van der Waals surface area contributed by atoms with Crippen molar-refractivity contribution in [2.45, 2.75) is 5.75 Å². The van der Waals surface area contributed by atoms with Crippen LogP contribution in [0, 0.1) is 5.92 Å².